The zero-order chi connectivity index (χ0) is 10.4. The van der Waals surface area contributed by atoms with Gasteiger partial charge in [0, 0.05) is 19.2 Å². The summed E-state index contributed by atoms with van der Waals surface area (Å²) in [7, 11) is 0. The van der Waals surface area contributed by atoms with E-state index in [1.54, 1.807) is 6.07 Å². The maximum absolute atomic E-state index is 5.49. The van der Waals surface area contributed by atoms with E-state index in [1.165, 1.54) is 0 Å². The standard InChI is InChI=1S/C8H15N5O/c1-2-14-4-3-11-7-5-6(9)12-8(10)13-7/h5H,2-4H2,1H3,(H5,9,10,11,12,13). The predicted molar refractivity (Wildman–Crippen MR) is 55.8 cm³/mol. The van der Waals surface area contributed by atoms with Gasteiger partial charge in [0.2, 0.25) is 5.95 Å². The minimum atomic E-state index is 0.170. The summed E-state index contributed by atoms with van der Waals surface area (Å²) in [4.78, 5) is 7.70. The summed E-state index contributed by atoms with van der Waals surface area (Å²) in [5.74, 6) is 1.15. The smallest absolute Gasteiger partial charge is 0.223 e. The second-order valence-corrected chi connectivity index (χ2v) is 2.66. The fraction of sp³-hybridized carbons (Fsp3) is 0.500. The van der Waals surface area contributed by atoms with Crippen molar-refractivity contribution in [3.63, 3.8) is 0 Å². The van der Waals surface area contributed by atoms with Gasteiger partial charge >= 0.3 is 0 Å². The predicted octanol–water partition coefficient (Wildman–Crippen LogP) is 0.0894. The molecule has 0 aliphatic carbocycles. The van der Waals surface area contributed by atoms with E-state index in [-0.39, 0.29) is 5.95 Å². The fourth-order valence-electron chi connectivity index (χ4n) is 0.971. The average molecular weight is 197 g/mol. The molecule has 0 unspecified atom stereocenters. The first-order chi connectivity index (χ1) is 6.72. The van der Waals surface area contributed by atoms with Gasteiger partial charge < -0.3 is 21.5 Å². The molecule has 1 aromatic rings. The number of anilines is 3. The average Bonchev–Trinajstić information content (AvgIpc) is 2.11. The molecule has 0 amide bonds. The van der Waals surface area contributed by atoms with Crippen LogP contribution in [0.5, 0.6) is 0 Å². The van der Waals surface area contributed by atoms with Crippen molar-refractivity contribution < 1.29 is 4.74 Å². The molecule has 14 heavy (non-hydrogen) atoms. The van der Waals surface area contributed by atoms with E-state index < -0.39 is 0 Å². The molecule has 6 nitrogen and oxygen atoms in total. The van der Waals surface area contributed by atoms with Gasteiger partial charge in [-0.05, 0) is 6.92 Å². The Morgan fingerprint density at radius 3 is 2.86 bits per heavy atom. The van der Waals surface area contributed by atoms with Crippen molar-refractivity contribution in [3.05, 3.63) is 6.07 Å². The van der Waals surface area contributed by atoms with Gasteiger partial charge in [-0.15, -0.1) is 0 Å². The van der Waals surface area contributed by atoms with Gasteiger partial charge in [-0.3, -0.25) is 0 Å². The molecule has 0 fully saturated rings. The monoisotopic (exact) mass is 197 g/mol. The number of ether oxygens (including phenoxy) is 1. The van der Waals surface area contributed by atoms with E-state index in [0.717, 1.165) is 0 Å². The van der Waals surface area contributed by atoms with E-state index in [9.17, 15) is 0 Å². The van der Waals surface area contributed by atoms with Crippen LogP contribution in [0, 0.1) is 0 Å². The van der Waals surface area contributed by atoms with E-state index in [1.807, 2.05) is 6.92 Å². The summed E-state index contributed by atoms with van der Waals surface area (Å²) in [6.07, 6.45) is 0. The Bertz CT molecular complexity index is 271. The Kier molecular flexibility index (Phi) is 3.93. The van der Waals surface area contributed by atoms with Crippen LogP contribution in [0.1, 0.15) is 6.92 Å². The molecule has 0 radical (unpaired) electrons. The molecule has 0 aliphatic rings. The van der Waals surface area contributed by atoms with Crippen LogP contribution in [0.2, 0.25) is 0 Å². The number of rotatable bonds is 5. The lowest BCUT2D eigenvalue weighted by Gasteiger charge is -2.06. The fourth-order valence-corrected chi connectivity index (χ4v) is 0.971. The first kappa shape index (κ1) is 10.5. The van der Waals surface area contributed by atoms with Crippen LogP contribution in [0.15, 0.2) is 6.07 Å². The minimum absolute atomic E-state index is 0.170. The molecule has 6 heteroatoms. The third-order valence-electron chi connectivity index (χ3n) is 1.52. The second kappa shape index (κ2) is 5.23. The first-order valence-electron chi connectivity index (χ1n) is 4.44. The summed E-state index contributed by atoms with van der Waals surface area (Å²) in [5.41, 5.74) is 10.9. The number of hydrogen-bond donors (Lipinski definition) is 3. The minimum Gasteiger partial charge on any atom is -0.383 e. The summed E-state index contributed by atoms with van der Waals surface area (Å²) >= 11 is 0. The summed E-state index contributed by atoms with van der Waals surface area (Å²) in [6, 6.07) is 1.63. The lowest BCUT2D eigenvalue weighted by molar-refractivity contribution is 0.158. The van der Waals surface area contributed by atoms with Crippen molar-refractivity contribution >= 4 is 17.6 Å². The molecular formula is C8H15N5O. The molecule has 0 spiro atoms. The molecule has 5 N–H and O–H groups in total. The van der Waals surface area contributed by atoms with Crippen molar-refractivity contribution in [3.8, 4) is 0 Å². The number of nitrogens with one attached hydrogen (secondary N) is 1. The molecule has 1 aromatic heterocycles. The van der Waals surface area contributed by atoms with Crippen LogP contribution in [-0.2, 0) is 4.74 Å². The third kappa shape index (κ3) is 3.44. The van der Waals surface area contributed by atoms with Crippen molar-refractivity contribution in [2.75, 3.05) is 36.5 Å². The van der Waals surface area contributed by atoms with E-state index in [0.29, 0.717) is 31.4 Å². The van der Waals surface area contributed by atoms with Gasteiger partial charge in [-0.2, -0.15) is 9.97 Å². The van der Waals surface area contributed by atoms with Gasteiger partial charge in [-0.25, -0.2) is 0 Å². The van der Waals surface area contributed by atoms with E-state index >= 15 is 0 Å². The Labute approximate surface area is 82.7 Å². The first-order valence-corrected chi connectivity index (χ1v) is 4.44. The maximum Gasteiger partial charge on any atom is 0.223 e. The zero-order valence-electron chi connectivity index (χ0n) is 8.16. The van der Waals surface area contributed by atoms with Gasteiger partial charge in [0.25, 0.3) is 0 Å². The van der Waals surface area contributed by atoms with Gasteiger partial charge in [0.1, 0.15) is 11.6 Å². The van der Waals surface area contributed by atoms with Crippen LogP contribution in [0.4, 0.5) is 17.6 Å². The van der Waals surface area contributed by atoms with Crippen molar-refractivity contribution in [1.82, 2.24) is 9.97 Å². The Hall–Kier alpha value is -1.56. The lowest BCUT2D eigenvalue weighted by Crippen LogP contribution is -2.11. The second-order valence-electron chi connectivity index (χ2n) is 2.66. The van der Waals surface area contributed by atoms with Crippen molar-refractivity contribution in [1.29, 1.82) is 0 Å². The topological polar surface area (TPSA) is 99.1 Å². The van der Waals surface area contributed by atoms with Crippen LogP contribution >= 0.6 is 0 Å². The summed E-state index contributed by atoms with van der Waals surface area (Å²) in [5, 5.41) is 3.03. The Balaban J connectivity index is 2.42. The molecule has 1 heterocycles. The van der Waals surface area contributed by atoms with Crippen LogP contribution < -0.4 is 16.8 Å². The largest absolute Gasteiger partial charge is 0.383 e. The molecule has 0 atom stereocenters. The van der Waals surface area contributed by atoms with E-state index in [2.05, 4.69) is 15.3 Å². The van der Waals surface area contributed by atoms with Crippen LogP contribution in [-0.4, -0.2) is 29.7 Å². The third-order valence-corrected chi connectivity index (χ3v) is 1.52. The van der Waals surface area contributed by atoms with Gasteiger partial charge in [-0.1, -0.05) is 0 Å². The highest BCUT2D eigenvalue weighted by molar-refractivity contribution is 5.48. The number of nitrogen functional groups attached to an aromatic ring is 2. The molecule has 78 valence electrons. The number of nitrogens with two attached hydrogens (primary N) is 2. The Morgan fingerprint density at radius 1 is 1.43 bits per heavy atom. The molecule has 0 aliphatic heterocycles. The molecule has 0 aromatic carbocycles. The molecule has 0 saturated carbocycles. The zero-order valence-corrected chi connectivity index (χ0v) is 8.16. The quantitative estimate of drug-likeness (QED) is 0.578. The number of nitrogens with zero attached hydrogens (tertiary/aromatic N) is 2. The summed E-state index contributed by atoms with van der Waals surface area (Å²) in [6.45, 7) is 3.94. The van der Waals surface area contributed by atoms with Crippen LogP contribution in [0.25, 0.3) is 0 Å². The van der Waals surface area contributed by atoms with Crippen molar-refractivity contribution in [2.24, 2.45) is 0 Å². The number of hydrogen-bond acceptors (Lipinski definition) is 6. The molecule has 0 saturated heterocycles. The van der Waals surface area contributed by atoms with E-state index in [4.69, 9.17) is 16.2 Å². The molecular weight excluding hydrogens is 182 g/mol. The highest BCUT2D eigenvalue weighted by atomic mass is 16.5. The van der Waals surface area contributed by atoms with Gasteiger partial charge in [0.05, 0.1) is 6.61 Å². The highest BCUT2D eigenvalue weighted by Crippen LogP contribution is 2.08. The summed E-state index contributed by atoms with van der Waals surface area (Å²) < 4.78 is 5.15. The molecule has 1 rings (SSSR count). The Morgan fingerprint density at radius 2 is 2.21 bits per heavy atom. The lowest BCUT2D eigenvalue weighted by atomic mass is 10.5. The SMILES string of the molecule is CCOCCNc1cc(N)nc(N)n1. The molecule has 0 bridgehead atoms. The van der Waals surface area contributed by atoms with Crippen molar-refractivity contribution in [2.45, 2.75) is 6.92 Å². The van der Waals surface area contributed by atoms with Crippen LogP contribution in [0.3, 0.4) is 0 Å². The number of aromatic nitrogens is 2. The van der Waals surface area contributed by atoms with Gasteiger partial charge in [0.15, 0.2) is 0 Å². The highest BCUT2D eigenvalue weighted by Gasteiger charge is 1.98. The normalized spacial score (nSPS) is 10.1. The maximum atomic E-state index is 5.49.